The van der Waals surface area contributed by atoms with Crippen LogP contribution in [0, 0.1) is 0 Å². The molecule has 0 aromatic carbocycles. The molecule has 0 radical (unpaired) electrons. The van der Waals surface area contributed by atoms with Gasteiger partial charge in [0.25, 0.3) is 0 Å². The quantitative estimate of drug-likeness (QED) is 0.604. The lowest BCUT2D eigenvalue weighted by Crippen LogP contribution is -2.41. The number of thioether (sulfide) groups is 2. The first-order valence-corrected chi connectivity index (χ1v) is 9.77. The molecule has 1 aliphatic carbocycles. The molecule has 2 rings (SSSR count). The molecule has 1 saturated heterocycles. The highest BCUT2D eigenvalue weighted by Gasteiger charge is 2.21. The van der Waals surface area contributed by atoms with E-state index in [4.69, 9.17) is 0 Å². The van der Waals surface area contributed by atoms with Crippen LogP contribution in [0.1, 0.15) is 38.5 Å². The summed E-state index contributed by atoms with van der Waals surface area (Å²) in [5.74, 6) is 3.52. The molecule has 3 nitrogen and oxygen atoms in total. The molecule has 2 fully saturated rings. The van der Waals surface area contributed by atoms with Gasteiger partial charge in [-0.3, -0.25) is 4.79 Å². The van der Waals surface area contributed by atoms with E-state index in [1.165, 1.54) is 44.3 Å². The second-order valence-corrected chi connectivity index (χ2v) is 7.83. The Morgan fingerprint density at radius 1 is 1.05 bits per heavy atom. The van der Waals surface area contributed by atoms with Gasteiger partial charge in [-0.15, -0.1) is 11.8 Å². The minimum absolute atomic E-state index is 0.177. The average molecular weight is 303 g/mol. The zero-order chi connectivity index (χ0) is 13.3. The summed E-state index contributed by atoms with van der Waals surface area (Å²) >= 11 is 3.71. The lowest BCUT2D eigenvalue weighted by atomic mass is 10.1. The van der Waals surface area contributed by atoms with E-state index in [0.29, 0.717) is 6.04 Å². The normalized spacial score (nSPS) is 25.8. The zero-order valence-electron chi connectivity index (χ0n) is 11.7. The number of hydrogen-bond donors (Lipinski definition) is 2. The van der Waals surface area contributed by atoms with Crippen molar-refractivity contribution in [2.45, 2.75) is 49.8 Å². The molecule has 1 atom stereocenters. The fourth-order valence-corrected chi connectivity index (χ4v) is 5.28. The molecule has 1 aliphatic heterocycles. The largest absolute Gasteiger partial charge is 0.354 e. The summed E-state index contributed by atoms with van der Waals surface area (Å²) in [5, 5.41) is 6.84. The van der Waals surface area contributed by atoms with Gasteiger partial charge in [-0.05, 0) is 12.8 Å². The molecular formula is C14H26N2OS2. The number of carbonyl (C=O) groups is 1. The molecule has 5 heteroatoms. The van der Waals surface area contributed by atoms with Crippen molar-refractivity contribution in [1.82, 2.24) is 10.6 Å². The van der Waals surface area contributed by atoms with E-state index in [0.717, 1.165) is 24.6 Å². The molecule has 2 N–H and O–H groups in total. The fourth-order valence-electron chi connectivity index (χ4n) is 2.70. The lowest BCUT2D eigenvalue weighted by molar-refractivity contribution is -0.120. The molecule has 0 unspecified atom stereocenters. The predicted molar refractivity (Wildman–Crippen MR) is 86.1 cm³/mol. The number of rotatable bonds is 5. The lowest BCUT2D eigenvalue weighted by Gasteiger charge is -2.21. The van der Waals surface area contributed by atoms with Gasteiger partial charge in [0.2, 0.25) is 5.91 Å². The van der Waals surface area contributed by atoms with E-state index in [2.05, 4.69) is 10.6 Å². The van der Waals surface area contributed by atoms with E-state index in [1.807, 2.05) is 11.8 Å². The van der Waals surface area contributed by atoms with Crippen LogP contribution in [-0.2, 0) is 4.79 Å². The Labute approximate surface area is 125 Å². The molecular weight excluding hydrogens is 276 g/mol. The van der Waals surface area contributed by atoms with Crippen LogP contribution in [0.15, 0.2) is 0 Å². The summed E-state index contributed by atoms with van der Waals surface area (Å²) in [6.45, 7) is 1.69. The van der Waals surface area contributed by atoms with Crippen LogP contribution in [0.2, 0.25) is 0 Å². The molecule has 0 bridgehead atoms. The van der Waals surface area contributed by atoms with Crippen molar-refractivity contribution >= 4 is 29.4 Å². The van der Waals surface area contributed by atoms with E-state index in [-0.39, 0.29) is 11.2 Å². The minimum Gasteiger partial charge on any atom is -0.354 e. The second-order valence-electron chi connectivity index (χ2n) is 5.37. The van der Waals surface area contributed by atoms with Crippen LogP contribution in [0.4, 0.5) is 0 Å². The highest BCUT2D eigenvalue weighted by Crippen LogP contribution is 2.23. The van der Waals surface area contributed by atoms with Gasteiger partial charge >= 0.3 is 0 Å². The van der Waals surface area contributed by atoms with Gasteiger partial charge in [0.05, 0.1) is 5.25 Å². The van der Waals surface area contributed by atoms with Crippen LogP contribution in [-0.4, -0.2) is 47.5 Å². The number of carbonyl (C=O) groups excluding carboxylic acids is 1. The highest BCUT2D eigenvalue weighted by atomic mass is 32.2. The molecule has 1 heterocycles. The first-order valence-electron chi connectivity index (χ1n) is 7.57. The SMILES string of the molecule is O=C(NCCNC1CCCCCC1)[C@H]1CSCCS1. The van der Waals surface area contributed by atoms with Crippen LogP contribution < -0.4 is 10.6 Å². The molecule has 1 amide bonds. The van der Waals surface area contributed by atoms with Crippen LogP contribution in [0.3, 0.4) is 0 Å². The first kappa shape index (κ1) is 15.5. The summed E-state index contributed by atoms with van der Waals surface area (Å²) in [6, 6.07) is 0.680. The van der Waals surface area contributed by atoms with Gasteiger partial charge in [0.15, 0.2) is 0 Å². The molecule has 2 aliphatic rings. The van der Waals surface area contributed by atoms with E-state index >= 15 is 0 Å². The second kappa shape index (κ2) is 9.14. The summed E-state index contributed by atoms with van der Waals surface area (Å²) in [7, 11) is 0. The van der Waals surface area contributed by atoms with E-state index < -0.39 is 0 Å². The van der Waals surface area contributed by atoms with Gasteiger partial charge < -0.3 is 10.6 Å². The van der Waals surface area contributed by atoms with Crippen LogP contribution >= 0.6 is 23.5 Å². The maximum atomic E-state index is 11.9. The maximum absolute atomic E-state index is 11.9. The molecule has 0 aromatic heterocycles. The fraction of sp³-hybridized carbons (Fsp3) is 0.929. The standard InChI is InChI=1S/C14H26N2OS2/c17-14(13-11-18-9-10-19-13)16-8-7-15-12-5-3-1-2-4-6-12/h12-13,15H,1-11H2,(H,16,17)/t13-/m1/s1. The third kappa shape index (κ3) is 5.96. The Balaban J connectivity index is 1.54. The number of hydrogen-bond acceptors (Lipinski definition) is 4. The van der Waals surface area contributed by atoms with Crippen molar-refractivity contribution in [3.05, 3.63) is 0 Å². The summed E-state index contributed by atoms with van der Waals surface area (Å²) in [4.78, 5) is 11.9. The summed E-state index contributed by atoms with van der Waals surface area (Å²) in [6.07, 6.45) is 8.13. The van der Waals surface area contributed by atoms with Gasteiger partial charge in [-0.25, -0.2) is 0 Å². The van der Waals surface area contributed by atoms with Gasteiger partial charge in [-0.2, -0.15) is 11.8 Å². The number of amides is 1. The van der Waals surface area contributed by atoms with Crippen molar-refractivity contribution in [2.75, 3.05) is 30.3 Å². The number of nitrogens with one attached hydrogen (secondary N) is 2. The first-order chi connectivity index (χ1) is 9.36. The van der Waals surface area contributed by atoms with Gasteiger partial charge in [-0.1, -0.05) is 25.7 Å². The molecule has 110 valence electrons. The predicted octanol–water partition coefficient (Wildman–Crippen LogP) is 2.26. The van der Waals surface area contributed by atoms with Crippen LogP contribution in [0.5, 0.6) is 0 Å². The Hall–Kier alpha value is 0.130. The Morgan fingerprint density at radius 3 is 2.53 bits per heavy atom. The zero-order valence-corrected chi connectivity index (χ0v) is 13.3. The summed E-state index contributed by atoms with van der Waals surface area (Å²) < 4.78 is 0. The third-order valence-electron chi connectivity index (χ3n) is 3.82. The van der Waals surface area contributed by atoms with Gasteiger partial charge in [0.1, 0.15) is 0 Å². The van der Waals surface area contributed by atoms with Crippen molar-refractivity contribution in [3.63, 3.8) is 0 Å². The van der Waals surface area contributed by atoms with E-state index in [1.54, 1.807) is 11.8 Å². The molecule has 0 aromatic rings. The minimum atomic E-state index is 0.177. The van der Waals surface area contributed by atoms with Crippen molar-refractivity contribution in [3.8, 4) is 0 Å². The third-order valence-corrected chi connectivity index (χ3v) is 6.57. The molecule has 1 saturated carbocycles. The van der Waals surface area contributed by atoms with E-state index in [9.17, 15) is 4.79 Å². The summed E-state index contributed by atoms with van der Waals surface area (Å²) in [5.41, 5.74) is 0. The van der Waals surface area contributed by atoms with Crippen LogP contribution in [0.25, 0.3) is 0 Å². The van der Waals surface area contributed by atoms with Crippen molar-refractivity contribution < 1.29 is 4.79 Å². The monoisotopic (exact) mass is 302 g/mol. The Bertz CT molecular complexity index is 262. The van der Waals surface area contributed by atoms with Crippen molar-refractivity contribution in [1.29, 1.82) is 0 Å². The Morgan fingerprint density at radius 2 is 1.84 bits per heavy atom. The topological polar surface area (TPSA) is 41.1 Å². The molecule has 19 heavy (non-hydrogen) atoms. The van der Waals surface area contributed by atoms with Crippen molar-refractivity contribution in [2.24, 2.45) is 0 Å². The smallest absolute Gasteiger partial charge is 0.234 e. The highest BCUT2D eigenvalue weighted by molar-refractivity contribution is 8.07. The molecule has 0 spiro atoms. The maximum Gasteiger partial charge on any atom is 0.234 e. The van der Waals surface area contributed by atoms with Gasteiger partial charge in [0, 0.05) is 36.4 Å². The average Bonchev–Trinajstić information content (AvgIpc) is 2.73. The Kier molecular flexibility index (Phi) is 7.46.